The first-order chi connectivity index (χ1) is 33.1. The van der Waals surface area contributed by atoms with Crippen LogP contribution in [-0.2, 0) is 33.9 Å². The number of nitrogens with one attached hydrogen (secondary N) is 2. The molecule has 70 heavy (non-hydrogen) atoms. The molecule has 0 spiro atoms. The summed E-state index contributed by atoms with van der Waals surface area (Å²) >= 11 is 1.34. The number of benzene rings is 1. The van der Waals surface area contributed by atoms with E-state index in [1.165, 1.54) is 18.3 Å². The van der Waals surface area contributed by atoms with Crippen LogP contribution in [0.1, 0.15) is 92.4 Å². The van der Waals surface area contributed by atoms with Gasteiger partial charge in [-0.2, -0.15) is 13.2 Å². The Kier molecular flexibility index (Phi) is 14.4. The molecule has 5 aliphatic rings. The minimum atomic E-state index is -5.22. The van der Waals surface area contributed by atoms with Crippen molar-refractivity contribution in [3.8, 4) is 34.1 Å². The van der Waals surface area contributed by atoms with E-state index in [9.17, 15) is 27.9 Å². The number of aromatic nitrogens is 2. The third-order valence-electron chi connectivity index (χ3n) is 14.0. The van der Waals surface area contributed by atoms with Crippen LogP contribution in [0.15, 0.2) is 59.4 Å². The van der Waals surface area contributed by atoms with Gasteiger partial charge in [-0.3, -0.25) is 24.0 Å². The molecule has 3 aromatic rings. The van der Waals surface area contributed by atoms with E-state index in [-0.39, 0.29) is 55.5 Å². The molecule has 380 valence electrons. The number of ether oxygens (including phenoxy) is 4. The first kappa shape index (κ1) is 51.0. The molecule has 2 aliphatic carbocycles. The fourth-order valence-electron chi connectivity index (χ4n) is 9.66. The minimum absolute atomic E-state index is 0.00511. The summed E-state index contributed by atoms with van der Waals surface area (Å²) in [5.41, 5.74) is -1.22. The largest absolute Gasteiger partial charge is 0.491 e. The molecule has 17 nitrogen and oxygen atoms in total. The summed E-state index contributed by atoms with van der Waals surface area (Å²) in [4.78, 5) is 68.7. The van der Waals surface area contributed by atoms with Gasteiger partial charge in [0.25, 0.3) is 5.91 Å². The van der Waals surface area contributed by atoms with Gasteiger partial charge < -0.3 is 34.3 Å². The number of allylic oxidation sites excluding steroid dienone is 1. The Hall–Kier alpha value is -5.32. The molecule has 2 saturated carbocycles. The van der Waals surface area contributed by atoms with Crippen molar-refractivity contribution in [3.63, 3.8) is 0 Å². The SMILES string of the molecule is CC[C@@H]1O[C@H](C)CCC=C[C@@H]2C[C@@]2(C(=O)NS(=O)(=O)C2(C)CC2)NC(=O)[C@@H]2C[C@@H](Oc3cc(-c4ccc(OC(C)C)cc4)nc(-c4cscn4)c3)CN2C(=O)[C@H]1N(C(=O)O)C1(C(F)(F)F)CCCOC1. The highest BCUT2D eigenvalue weighted by Gasteiger charge is 2.66. The summed E-state index contributed by atoms with van der Waals surface area (Å²) < 4.78 is 98.8. The molecule has 4 fully saturated rings. The second kappa shape index (κ2) is 19.7. The number of alkyl halides is 3. The number of amides is 4. The third-order valence-corrected chi connectivity index (χ3v) is 16.7. The van der Waals surface area contributed by atoms with Crippen LogP contribution in [-0.4, -0.2) is 135 Å². The summed E-state index contributed by atoms with van der Waals surface area (Å²) in [6.07, 6.45) is -7.10. The predicted octanol–water partition coefficient (Wildman–Crippen LogP) is 6.87. The third kappa shape index (κ3) is 10.2. The van der Waals surface area contributed by atoms with E-state index in [1.807, 2.05) is 26.0 Å². The fourth-order valence-corrected chi connectivity index (χ4v) is 11.5. The highest BCUT2D eigenvalue weighted by molar-refractivity contribution is 7.91. The Morgan fingerprint density at radius 1 is 1.10 bits per heavy atom. The lowest BCUT2D eigenvalue weighted by Gasteiger charge is -2.50. The van der Waals surface area contributed by atoms with Crippen molar-refractivity contribution < 1.29 is 64.8 Å². The Morgan fingerprint density at radius 2 is 1.83 bits per heavy atom. The first-order valence-corrected chi connectivity index (χ1v) is 26.1. The average Bonchev–Trinajstić information content (AvgIpc) is 4.06. The van der Waals surface area contributed by atoms with Crippen molar-refractivity contribution in [2.75, 3.05) is 19.8 Å². The number of hydrogen-bond acceptors (Lipinski definition) is 13. The van der Waals surface area contributed by atoms with Crippen LogP contribution in [0.5, 0.6) is 11.5 Å². The maximum Gasteiger partial charge on any atom is 0.414 e. The molecular formula is C48H59F3N6O11S2. The maximum atomic E-state index is 15.6. The predicted molar refractivity (Wildman–Crippen MR) is 250 cm³/mol. The summed E-state index contributed by atoms with van der Waals surface area (Å²) in [5.74, 6) is -2.85. The average molecular weight is 1020 g/mol. The molecule has 5 heterocycles. The van der Waals surface area contributed by atoms with Gasteiger partial charge in [-0.25, -0.2) is 23.2 Å². The number of carbonyl (C=O) groups is 4. The summed E-state index contributed by atoms with van der Waals surface area (Å²) in [7, 11) is -4.17. The van der Waals surface area contributed by atoms with Crippen molar-refractivity contribution in [1.82, 2.24) is 29.8 Å². The lowest BCUT2D eigenvalue weighted by Crippen LogP contribution is -2.72. The summed E-state index contributed by atoms with van der Waals surface area (Å²) in [5, 5.41) is 15.5. The molecule has 2 saturated heterocycles. The zero-order chi connectivity index (χ0) is 50.4. The monoisotopic (exact) mass is 1020 g/mol. The molecule has 4 amide bonds. The van der Waals surface area contributed by atoms with Crippen LogP contribution in [0.25, 0.3) is 22.6 Å². The Bertz CT molecular complexity index is 2570. The number of halogens is 3. The normalized spacial score (nSPS) is 29.2. The molecule has 8 atom stereocenters. The van der Waals surface area contributed by atoms with Crippen LogP contribution in [0, 0.1) is 5.92 Å². The Morgan fingerprint density at radius 3 is 2.44 bits per heavy atom. The van der Waals surface area contributed by atoms with Crippen LogP contribution >= 0.6 is 11.3 Å². The number of nitrogens with zero attached hydrogens (tertiary/aromatic N) is 4. The van der Waals surface area contributed by atoms with E-state index in [2.05, 4.69) is 15.0 Å². The number of pyridine rings is 1. The van der Waals surface area contributed by atoms with E-state index in [0.717, 1.165) is 4.90 Å². The summed E-state index contributed by atoms with van der Waals surface area (Å²) in [6, 6.07) is 6.77. The summed E-state index contributed by atoms with van der Waals surface area (Å²) in [6.45, 7) is 6.98. The molecule has 22 heteroatoms. The van der Waals surface area contributed by atoms with Crippen molar-refractivity contribution in [1.29, 1.82) is 0 Å². The van der Waals surface area contributed by atoms with Crippen molar-refractivity contribution in [3.05, 3.63) is 59.4 Å². The zero-order valence-electron chi connectivity index (χ0n) is 39.6. The standard InChI is InChI=1S/C48H59F3N6O11S2/c1-6-39-40(57(44(61)62)46(48(49,50)51)16-9-19-65-26-46)42(59)56-24-34(68-33-20-35(53-36(21-33)37-25-69-27-52-37)30-12-14-32(15-13-30)66-28(2)3)22-38(56)41(58)54-47(23-31(47)11-8-7-10-29(4)67-39)43(60)55-70(63,64)45(5)17-18-45/h8,11-15,20-21,25,27-29,31,34,38-40H,6-7,9-10,16-19,22-24,26H2,1-5H3,(H,54,58)(H,55,60)(H,61,62)/t29-,31-,34-,38+,39+,40+,46?,47-/m1/s1. The second-order valence-corrected chi connectivity index (χ2v) is 22.4. The molecule has 0 bridgehead atoms. The molecule has 0 radical (unpaired) electrons. The fraction of sp³-hybridized carbons (Fsp3) is 0.583. The van der Waals surface area contributed by atoms with Crippen molar-refractivity contribution in [2.24, 2.45) is 5.92 Å². The van der Waals surface area contributed by atoms with Crippen LogP contribution < -0.4 is 19.5 Å². The molecule has 1 unspecified atom stereocenters. The molecule has 3 N–H and O–H groups in total. The molecule has 2 aromatic heterocycles. The lowest BCUT2D eigenvalue weighted by atomic mass is 9.86. The van der Waals surface area contributed by atoms with E-state index < -0.39 is 112 Å². The van der Waals surface area contributed by atoms with Gasteiger partial charge in [0.05, 0.1) is 58.8 Å². The van der Waals surface area contributed by atoms with Crippen LogP contribution in [0.3, 0.4) is 0 Å². The number of carboxylic acid groups (broad SMARTS) is 1. The number of fused-ring (bicyclic) bond motifs is 2. The van der Waals surface area contributed by atoms with Gasteiger partial charge >= 0.3 is 12.3 Å². The molecular weight excluding hydrogens is 958 g/mol. The lowest BCUT2D eigenvalue weighted by molar-refractivity contribution is -0.263. The van der Waals surface area contributed by atoms with Crippen molar-refractivity contribution in [2.45, 2.75) is 151 Å². The molecule has 3 aliphatic heterocycles. The van der Waals surface area contributed by atoms with Crippen LogP contribution in [0.2, 0.25) is 0 Å². The van der Waals surface area contributed by atoms with Gasteiger partial charge in [-0.15, -0.1) is 11.3 Å². The second-order valence-electron chi connectivity index (χ2n) is 19.5. The Labute approximate surface area is 408 Å². The molecule has 8 rings (SSSR count). The van der Waals surface area contributed by atoms with E-state index in [4.69, 9.17) is 23.9 Å². The topological polar surface area (TPSA) is 216 Å². The van der Waals surface area contributed by atoms with E-state index >= 15 is 18.0 Å². The minimum Gasteiger partial charge on any atom is -0.491 e. The Balaban J connectivity index is 1.21. The van der Waals surface area contributed by atoms with Crippen molar-refractivity contribution >= 4 is 45.2 Å². The van der Waals surface area contributed by atoms with Gasteiger partial charge in [0, 0.05) is 42.0 Å². The van der Waals surface area contributed by atoms with E-state index in [0.29, 0.717) is 47.7 Å². The number of carbonyl (C=O) groups excluding carboxylic acids is 3. The quantitative estimate of drug-likeness (QED) is 0.158. The van der Waals surface area contributed by atoms with Crippen LogP contribution in [0.4, 0.5) is 18.0 Å². The number of rotatable bonds is 12. The van der Waals surface area contributed by atoms with E-state index in [1.54, 1.807) is 61.2 Å². The molecule has 1 aromatic carbocycles. The highest BCUT2D eigenvalue weighted by atomic mass is 32.2. The number of sulfonamides is 1. The van der Waals surface area contributed by atoms with Gasteiger partial charge in [0.15, 0.2) is 5.54 Å². The van der Waals surface area contributed by atoms with Gasteiger partial charge in [0.2, 0.25) is 21.8 Å². The van der Waals surface area contributed by atoms with Gasteiger partial charge in [-0.1, -0.05) is 19.1 Å². The number of hydrogen-bond donors (Lipinski definition) is 3. The number of thiazole rings is 1. The van der Waals surface area contributed by atoms with Gasteiger partial charge in [-0.05, 0) is 103 Å². The smallest absolute Gasteiger partial charge is 0.414 e. The first-order valence-electron chi connectivity index (χ1n) is 23.6. The highest BCUT2D eigenvalue weighted by Crippen LogP contribution is 2.48. The maximum absolute atomic E-state index is 15.6. The zero-order valence-corrected chi connectivity index (χ0v) is 41.2. The van der Waals surface area contributed by atoms with Gasteiger partial charge in [0.1, 0.15) is 35.2 Å².